The van der Waals surface area contributed by atoms with E-state index >= 15 is 0 Å². The first-order chi connectivity index (χ1) is 12.0. The minimum Gasteiger partial charge on any atom is -0.375 e. The number of aromatic nitrogens is 3. The number of nitrogens with one attached hydrogen (secondary N) is 1. The minimum atomic E-state index is 0.0139. The number of hydrogen-bond donors (Lipinski definition) is 1. The molecule has 0 spiro atoms. The fourth-order valence-corrected chi connectivity index (χ4v) is 2.99. The molecule has 0 bridgehead atoms. The topological polar surface area (TPSA) is 80.2 Å². The van der Waals surface area contributed by atoms with Crippen LogP contribution < -0.4 is 5.32 Å². The van der Waals surface area contributed by atoms with E-state index in [1.54, 1.807) is 0 Å². The summed E-state index contributed by atoms with van der Waals surface area (Å²) in [6, 6.07) is 7.71. The highest BCUT2D eigenvalue weighted by Gasteiger charge is 2.29. The van der Waals surface area contributed by atoms with Crippen LogP contribution in [0.4, 0.5) is 11.6 Å². The molecular formula is C18H23N5O2. The molecule has 25 heavy (non-hydrogen) atoms. The number of anilines is 2. The van der Waals surface area contributed by atoms with Crippen molar-refractivity contribution in [3.05, 3.63) is 41.5 Å². The number of nitrogens with zero attached hydrogens (tertiary/aromatic N) is 4. The lowest BCUT2D eigenvalue weighted by atomic mass is 10.1. The number of aryl methyl sites for hydroxylation is 2. The van der Waals surface area contributed by atoms with Gasteiger partial charge in [-0.25, -0.2) is 15.0 Å². The van der Waals surface area contributed by atoms with E-state index in [-0.39, 0.29) is 18.4 Å². The molecule has 7 nitrogen and oxygen atoms in total. The van der Waals surface area contributed by atoms with Gasteiger partial charge in [0.1, 0.15) is 24.1 Å². The van der Waals surface area contributed by atoms with Crippen LogP contribution in [0.3, 0.4) is 0 Å². The highest BCUT2D eigenvalue weighted by Crippen LogP contribution is 2.26. The number of rotatable bonds is 5. The van der Waals surface area contributed by atoms with E-state index in [0.717, 1.165) is 35.3 Å². The van der Waals surface area contributed by atoms with Crippen LogP contribution in [0.5, 0.6) is 0 Å². The van der Waals surface area contributed by atoms with Gasteiger partial charge in [0.05, 0.1) is 0 Å². The van der Waals surface area contributed by atoms with Crippen molar-refractivity contribution in [1.29, 1.82) is 0 Å². The van der Waals surface area contributed by atoms with Crippen LogP contribution in [0.15, 0.2) is 24.3 Å². The van der Waals surface area contributed by atoms with E-state index in [0.29, 0.717) is 13.1 Å². The summed E-state index contributed by atoms with van der Waals surface area (Å²) in [6.45, 7) is 5.36. The third-order valence-electron chi connectivity index (χ3n) is 4.19. The molecule has 0 aliphatic carbocycles. The number of methoxy groups -OCH3 is 1. The lowest BCUT2D eigenvalue weighted by Crippen LogP contribution is -2.31. The number of carbonyl (C=O) groups excluding carboxylic acids is 1. The molecule has 1 aliphatic heterocycles. The number of carbonyl (C=O) groups is 1. The van der Waals surface area contributed by atoms with Crippen molar-refractivity contribution in [3.63, 3.8) is 0 Å². The Morgan fingerprint density at radius 1 is 1.24 bits per heavy atom. The number of likely N-dealkylation sites (tertiary alicyclic amines) is 1. The second kappa shape index (κ2) is 7.57. The van der Waals surface area contributed by atoms with Gasteiger partial charge in [-0.05, 0) is 32.4 Å². The SMILES string of the molecule is COCC(=O)N1CC[C@H](c2nc(C)cc(Nc3cccc(C)n3)n2)C1. The summed E-state index contributed by atoms with van der Waals surface area (Å²) in [5.74, 6) is 2.41. The number of ether oxygens (including phenoxy) is 1. The Bertz CT molecular complexity index is 765. The Balaban J connectivity index is 1.75. The van der Waals surface area contributed by atoms with E-state index in [1.807, 2.05) is 43.0 Å². The van der Waals surface area contributed by atoms with Gasteiger partial charge in [0.2, 0.25) is 5.91 Å². The zero-order valence-electron chi connectivity index (χ0n) is 14.8. The standard InChI is InChI=1S/C18H23N5O2/c1-12-5-4-6-15(19-12)21-16-9-13(2)20-18(22-16)14-7-8-23(10-14)17(24)11-25-3/h4-6,9,14H,7-8,10-11H2,1-3H3,(H,19,20,21,22)/t14-/m0/s1. The van der Waals surface area contributed by atoms with Crippen LogP contribution >= 0.6 is 0 Å². The van der Waals surface area contributed by atoms with Crippen LogP contribution in [-0.4, -0.2) is 52.6 Å². The smallest absolute Gasteiger partial charge is 0.248 e. The van der Waals surface area contributed by atoms with Crippen LogP contribution in [0, 0.1) is 13.8 Å². The maximum Gasteiger partial charge on any atom is 0.248 e. The van der Waals surface area contributed by atoms with Crippen molar-refractivity contribution < 1.29 is 9.53 Å². The summed E-state index contributed by atoms with van der Waals surface area (Å²) < 4.78 is 4.93. The molecule has 3 rings (SSSR count). The fourth-order valence-electron chi connectivity index (χ4n) is 2.99. The average Bonchev–Trinajstić information content (AvgIpc) is 3.05. The van der Waals surface area contributed by atoms with Gasteiger partial charge in [0.15, 0.2) is 0 Å². The first-order valence-corrected chi connectivity index (χ1v) is 8.38. The summed E-state index contributed by atoms with van der Waals surface area (Å²) in [7, 11) is 1.53. The summed E-state index contributed by atoms with van der Waals surface area (Å²) in [6.07, 6.45) is 0.862. The Labute approximate surface area is 147 Å². The van der Waals surface area contributed by atoms with Gasteiger partial charge in [0.25, 0.3) is 0 Å². The van der Waals surface area contributed by atoms with E-state index in [4.69, 9.17) is 4.74 Å². The molecule has 7 heteroatoms. The molecule has 0 aromatic carbocycles. The summed E-state index contributed by atoms with van der Waals surface area (Å²) in [5, 5.41) is 3.24. The average molecular weight is 341 g/mol. The maximum atomic E-state index is 12.0. The molecule has 2 aromatic heterocycles. The van der Waals surface area contributed by atoms with Crippen LogP contribution in [-0.2, 0) is 9.53 Å². The van der Waals surface area contributed by atoms with Crippen LogP contribution in [0.25, 0.3) is 0 Å². The van der Waals surface area contributed by atoms with Crippen molar-refractivity contribution in [2.45, 2.75) is 26.2 Å². The second-order valence-electron chi connectivity index (χ2n) is 6.30. The third-order valence-corrected chi connectivity index (χ3v) is 4.19. The molecule has 1 N–H and O–H groups in total. The van der Waals surface area contributed by atoms with Gasteiger partial charge in [-0.15, -0.1) is 0 Å². The van der Waals surface area contributed by atoms with Gasteiger partial charge in [-0.1, -0.05) is 6.07 Å². The predicted molar refractivity (Wildman–Crippen MR) is 94.8 cm³/mol. The predicted octanol–water partition coefficient (Wildman–Crippen LogP) is 2.19. The number of hydrogen-bond acceptors (Lipinski definition) is 6. The zero-order valence-corrected chi connectivity index (χ0v) is 14.8. The molecule has 3 heterocycles. The molecule has 1 aliphatic rings. The van der Waals surface area contributed by atoms with E-state index in [2.05, 4.69) is 20.3 Å². The van der Waals surface area contributed by atoms with Crippen LogP contribution in [0.2, 0.25) is 0 Å². The van der Waals surface area contributed by atoms with Crippen molar-refractivity contribution in [3.8, 4) is 0 Å². The van der Waals surface area contributed by atoms with Crippen molar-refractivity contribution >= 4 is 17.5 Å². The van der Waals surface area contributed by atoms with Crippen molar-refractivity contribution in [2.24, 2.45) is 0 Å². The summed E-state index contributed by atoms with van der Waals surface area (Å²) in [4.78, 5) is 27.4. The molecule has 132 valence electrons. The first-order valence-electron chi connectivity index (χ1n) is 8.38. The number of pyridine rings is 1. The summed E-state index contributed by atoms with van der Waals surface area (Å²) in [5.41, 5.74) is 1.83. The van der Waals surface area contributed by atoms with Crippen molar-refractivity contribution in [2.75, 3.05) is 32.1 Å². The molecule has 1 amide bonds. The first kappa shape index (κ1) is 17.3. The molecular weight excluding hydrogens is 318 g/mol. The van der Waals surface area contributed by atoms with E-state index in [9.17, 15) is 4.79 Å². The van der Waals surface area contributed by atoms with E-state index in [1.165, 1.54) is 7.11 Å². The molecule has 0 unspecified atom stereocenters. The van der Waals surface area contributed by atoms with Gasteiger partial charge < -0.3 is 15.0 Å². The lowest BCUT2D eigenvalue weighted by Gasteiger charge is -2.16. The van der Waals surface area contributed by atoms with Crippen LogP contribution in [0.1, 0.15) is 29.6 Å². The Hall–Kier alpha value is -2.54. The summed E-state index contributed by atoms with van der Waals surface area (Å²) >= 11 is 0. The number of amides is 1. The van der Waals surface area contributed by atoms with Gasteiger partial charge in [0, 0.05) is 43.6 Å². The molecule has 1 fully saturated rings. The highest BCUT2D eigenvalue weighted by atomic mass is 16.5. The largest absolute Gasteiger partial charge is 0.375 e. The van der Waals surface area contributed by atoms with Gasteiger partial charge in [-0.3, -0.25) is 4.79 Å². The Kier molecular flexibility index (Phi) is 5.23. The highest BCUT2D eigenvalue weighted by molar-refractivity contribution is 5.77. The van der Waals surface area contributed by atoms with Gasteiger partial charge in [-0.2, -0.15) is 0 Å². The van der Waals surface area contributed by atoms with Crippen molar-refractivity contribution in [1.82, 2.24) is 19.9 Å². The molecule has 1 atom stereocenters. The minimum absolute atomic E-state index is 0.0139. The normalized spacial score (nSPS) is 16.9. The molecule has 2 aromatic rings. The monoisotopic (exact) mass is 341 g/mol. The van der Waals surface area contributed by atoms with Gasteiger partial charge >= 0.3 is 0 Å². The lowest BCUT2D eigenvalue weighted by molar-refractivity contribution is -0.134. The molecule has 0 radical (unpaired) electrons. The molecule has 0 saturated carbocycles. The maximum absolute atomic E-state index is 12.0. The van der Waals surface area contributed by atoms with E-state index < -0.39 is 0 Å². The quantitative estimate of drug-likeness (QED) is 0.898. The molecule has 1 saturated heterocycles. The third kappa shape index (κ3) is 4.30. The zero-order chi connectivity index (χ0) is 17.8. The Morgan fingerprint density at radius 3 is 2.84 bits per heavy atom. The fraction of sp³-hybridized carbons (Fsp3) is 0.444. The second-order valence-corrected chi connectivity index (χ2v) is 6.30. The Morgan fingerprint density at radius 2 is 2.08 bits per heavy atom.